The first-order valence-electron chi connectivity index (χ1n) is 5.42. The average molecular weight is 289 g/mol. The average Bonchev–Trinajstić information content (AvgIpc) is 2.65. The van der Waals surface area contributed by atoms with Crippen LogP contribution in [-0.4, -0.2) is 18.5 Å². The molecule has 0 N–H and O–H groups in total. The van der Waals surface area contributed by atoms with Crippen LogP contribution in [-0.2, 0) is 11.2 Å². The van der Waals surface area contributed by atoms with Gasteiger partial charge in [-0.1, -0.05) is 15.9 Å². The molecule has 0 aromatic carbocycles. The van der Waals surface area contributed by atoms with Crippen LogP contribution in [0.25, 0.3) is 0 Å². The van der Waals surface area contributed by atoms with E-state index in [0.29, 0.717) is 5.41 Å². The molecule has 3 heteroatoms. The Bertz CT molecular complexity index is 315. The highest BCUT2D eigenvalue weighted by atomic mass is 79.9. The number of thiophene rings is 1. The maximum atomic E-state index is 5.45. The van der Waals surface area contributed by atoms with Gasteiger partial charge in [0.1, 0.15) is 0 Å². The van der Waals surface area contributed by atoms with E-state index in [1.165, 1.54) is 29.7 Å². The first kappa shape index (κ1) is 11.6. The molecule has 1 saturated heterocycles. The Balaban J connectivity index is 2.06. The minimum Gasteiger partial charge on any atom is -0.381 e. The van der Waals surface area contributed by atoms with Crippen LogP contribution < -0.4 is 0 Å². The molecule has 1 aliphatic rings. The van der Waals surface area contributed by atoms with Gasteiger partial charge in [0.25, 0.3) is 0 Å². The van der Waals surface area contributed by atoms with Crippen molar-refractivity contribution in [2.45, 2.75) is 26.2 Å². The molecule has 0 aliphatic carbocycles. The van der Waals surface area contributed by atoms with Crippen molar-refractivity contribution in [3.05, 3.63) is 21.9 Å². The number of ether oxygens (including phenoxy) is 1. The minimum absolute atomic E-state index is 0.436. The standard InChI is InChI=1S/C12H17BrOS/c1-10-6-11(8-15-10)7-12(9-13)2-4-14-5-3-12/h6,8H,2-5,7,9H2,1H3. The summed E-state index contributed by atoms with van der Waals surface area (Å²) in [5.41, 5.74) is 1.94. The molecule has 1 fully saturated rings. The van der Waals surface area contributed by atoms with Crippen molar-refractivity contribution < 1.29 is 4.74 Å². The molecule has 0 spiro atoms. The van der Waals surface area contributed by atoms with Gasteiger partial charge in [-0.2, -0.15) is 0 Å². The van der Waals surface area contributed by atoms with Crippen molar-refractivity contribution in [3.8, 4) is 0 Å². The van der Waals surface area contributed by atoms with Crippen LogP contribution in [0.2, 0.25) is 0 Å². The van der Waals surface area contributed by atoms with E-state index in [9.17, 15) is 0 Å². The highest BCUT2D eigenvalue weighted by Crippen LogP contribution is 2.36. The Morgan fingerprint density at radius 3 is 2.73 bits per heavy atom. The molecule has 0 unspecified atom stereocenters. The Morgan fingerprint density at radius 1 is 1.47 bits per heavy atom. The molecule has 15 heavy (non-hydrogen) atoms. The zero-order valence-corrected chi connectivity index (χ0v) is 11.5. The zero-order valence-electron chi connectivity index (χ0n) is 9.09. The summed E-state index contributed by atoms with van der Waals surface area (Å²) >= 11 is 5.54. The van der Waals surface area contributed by atoms with Gasteiger partial charge >= 0.3 is 0 Å². The highest BCUT2D eigenvalue weighted by molar-refractivity contribution is 9.09. The second-order valence-corrected chi connectivity index (χ2v) is 6.16. The van der Waals surface area contributed by atoms with E-state index < -0.39 is 0 Å². The molecule has 0 atom stereocenters. The summed E-state index contributed by atoms with van der Waals surface area (Å²) in [6.07, 6.45) is 3.58. The van der Waals surface area contributed by atoms with E-state index in [1.54, 1.807) is 0 Å². The molecule has 84 valence electrons. The molecule has 0 bridgehead atoms. The van der Waals surface area contributed by atoms with Crippen LogP contribution in [0.5, 0.6) is 0 Å². The summed E-state index contributed by atoms with van der Waals surface area (Å²) in [5.74, 6) is 0. The van der Waals surface area contributed by atoms with E-state index in [2.05, 4.69) is 34.3 Å². The fourth-order valence-electron chi connectivity index (χ4n) is 2.19. The van der Waals surface area contributed by atoms with Gasteiger partial charge in [0.15, 0.2) is 0 Å². The Kier molecular flexibility index (Phi) is 3.86. The van der Waals surface area contributed by atoms with Crippen LogP contribution in [0, 0.1) is 12.3 Å². The van der Waals surface area contributed by atoms with Crippen LogP contribution in [0.15, 0.2) is 11.4 Å². The largest absolute Gasteiger partial charge is 0.381 e. The molecule has 1 aliphatic heterocycles. The second-order valence-electron chi connectivity index (χ2n) is 4.49. The number of aryl methyl sites for hydroxylation is 1. The molecule has 0 saturated carbocycles. The fourth-order valence-corrected chi connectivity index (χ4v) is 3.65. The summed E-state index contributed by atoms with van der Waals surface area (Å²) in [6.45, 7) is 4.03. The Labute approximate surface area is 104 Å². The minimum atomic E-state index is 0.436. The van der Waals surface area contributed by atoms with E-state index in [1.807, 2.05) is 11.3 Å². The van der Waals surface area contributed by atoms with Crippen molar-refractivity contribution in [1.29, 1.82) is 0 Å². The Morgan fingerprint density at radius 2 is 2.20 bits per heavy atom. The van der Waals surface area contributed by atoms with Gasteiger partial charge in [-0.25, -0.2) is 0 Å². The van der Waals surface area contributed by atoms with Gasteiger partial charge in [0.2, 0.25) is 0 Å². The second kappa shape index (κ2) is 4.98. The maximum absolute atomic E-state index is 5.45. The van der Waals surface area contributed by atoms with Gasteiger partial charge in [-0.05, 0) is 48.6 Å². The van der Waals surface area contributed by atoms with Crippen LogP contribution in [0.4, 0.5) is 0 Å². The molecule has 2 heterocycles. The monoisotopic (exact) mass is 288 g/mol. The van der Waals surface area contributed by atoms with Crippen LogP contribution in [0.3, 0.4) is 0 Å². The topological polar surface area (TPSA) is 9.23 Å². The van der Waals surface area contributed by atoms with Crippen molar-refractivity contribution in [2.75, 3.05) is 18.5 Å². The van der Waals surface area contributed by atoms with Crippen molar-refractivity contribution in [2.24, 2.45) is 5.41 Å². The zero-order chi connectivity index (χ0) is 10.7. The van der Waals surface area contributed by atoms with E-state index in [0.717, 1.165) is 18.5 Å². The highest BCUT2D eigenvalue weighted by Gasteiger charge is 2.31. The lowest BCUT2D eigenvalue weighted by atomic mass is 9.77. The third-order valence-electron chi connectivity index (χ3n) is 3.20. The maximum Gasteiger partial charge on any atom is 0.0471 e. The predicted molar refractivity (Wildman–Crippen MR) is 69.0 cm³/mol. The lowest BCUT2D eigenvalue weighted by Crippen LogP contribution is -2.33. The SMILES string of the molecule is Cc1cc(CC2(CBr)CCOCC2)cs1. The van der Waals surface area contributed by atoms with Crippen molar-refractivity contribution in [1.82, 2.24) is 0 Å². The van der Waals surface area contributed by atoms with Gasteiger partial charge in [-0.15, -0.1) is 11.3 Å². The molecule has 1 aromatic rings. The fraction of sp³-hybridized carbons (Fsp3) is 0.667. The number of hydrogen-bond acceptors (Lipinski definition) is 2. The van der Waals surface area contributed by atoms with Crippen molar-refractivity contribution in [3.63, 3.8) is 0 Å². The normalized spacial score (nSPS) is 20.4. The van der Waals surface area contributed by atoms with Gasteiger partial charge in [0.05, 0.1) is 0 Å². The first-order chi connectivity index (χ1) is 7.24. The molecule has 1 nitrogen and oxygen atoms in total. The quantitative estimate of drug-likeness (QED) is 0.769. The summed E-state index contributed by atoms with van der Waals surface area (Å²) in [6, 6.07) is 2.32. The summed E-state index contributed by atoms with van der Waals surface area (Å²) in [7, 11) is 0. The van der Waals surface area contributed by atoms with Gasteiger partial charge in [0, 0.05) is 23.4 Å². The lowest BCUT2D eigenvalue weighted by Gasteiger charge is -2.35. The summed E-state index contributed by atoms with van der Waals surface area (Å²) in [5, 5.41) is 3.40. The third-order valence-corrected chi connectivity index (χ3v) is 5.30. The van der Waals surface area contributed by atoms with Gasteiger partial charge in [-0.3, -0.25) is 0 Å². The molecule has 0 amide bonds. The predicted octanol–water partition coefficient (Wildman–Crippen LogP) is 3.79. The molecular weight excluding hydrogens is 272 g/mol. The number of rotatable bonds is 3. The molecule has 2 rings (SSSR count). The first-order valence-corrected chi connectivity index (χ1v) is 7.42. The smallest absolute Gasteiger partial charge is 0.0471 e. The van der Waals surface area contributed by atoms with E-state index in [-0.39, 0.29) is 0 Å². The van der Waals surface area contributed by atoms with E-state index >= 15 is 0 Å². The number of alkyl halides is 1. The number of halogens is 1. The van der Waals surface area contributed by atoms with Crippen LogP contribution >= 0.6 is 27.3 Å². The van der Waals surface area contributed by atoms with Crippen molar-refractivity contribution >= 4 is 27.3 Å². The van der Waals surface area contributed by atoms with Crippen LogP contribution in [0.1, 0.15) is 23.3 Å². The van der Waals surface area contributed by atoms with Gasteiger partial charge < -0.3 is 4.74 Å². The molecular formula is C12H17BrOS. The Hall–Kier alpha value is 0.140. The third kappa shape index (κ3) is 2.83. The molecule has 0 radical (unpaired) electrons. The lowest BCUT2D eigenvalue weighted by molar-refractivity contribution is 0.0270. The summed E-state index contributed by atoms with van der Waals surface area (Å²) in [4.78, 5) is 1.42. The summed E-state index contributed by atoms with van der Waals surface area (Å²) < 4.78 is 5.45. The molecule has 1 aromatic heterocycles. The van der Waals surface area contributed by atoms with E-state index in [4.69, 9.17) is 4.74 Å². The number of hydrogen-bond donors (Lipinski definition) is 0.